The monoisotopic (exact) mass is 135 g/mol. The molecule has 2 nitrogen and oxygen atoms in total. The molecule has 0 radical (unpaired) electrons. The molecule has 0 fully saturated rings. The fraction of sp³-hybridized carbons (Fsp3) is 0.250. The third-order valence-corrected chi connectivity index (χ3v) is 1.42. The van der Waals surface area contributed by atoms with Gasteiger partial charge in [0.05, 0.1) is 0 Å². The number of rotatable bonds is 2. The largest absolute Gasteiger partial charge is 0.303 e. The van der Waals surface area contributed by atoms with Crippen molar-refractivity contribution >= 4 is 6.29 Å². The van der Waals surface area contributed by atoms with Crippen LogP contribution in [-0.2, 0) is 11.2 Å². The number of pyridine rings is 1. The average Bonchev–Trinajstić information content (AvgIpc) is 1.94. The summed E-state index contributed by atoms with van der Waals surface area (Å²) in [7, 11) is 0. The highest BCUT2D eigenvalue weighted by atomic mass is 16.1. The highest BCUT2D eigenvalue weighted by molar-refractivity contribution is 5.55. The summed E-state index contributed by atoms with van der Waals surface area (Å²) < 4.78 is 0. The molecule has 0 spiro atoms. The molecule has 0 saturated carbocycles. The molecule has 1 heterocycles. The number of nitrogens with zero attached hydrogens (tertiary/aromatic N) is 1. The predicted octanol–water partition coefficient (Wildman–Crippen LogP) is 1.13. The molecule has 0 aliphatic heterocycles. The first-order chi connectivity index (χ1) is 4.84. The lowest BCUT2D eigenvalue weighted by Crippen LogP contribution is -1.91. The van der Waals surface area contributed by atoms with E-state index in [1.54, 1.807) is 6.20 Å². The van der Waals surface area contributed by atoms with Crippen LogP contribution in [0.5, 0.6) is 0 Å². The number of aldehydes is 1. The third kappa shape index (κ3) is 1.41. The molecule has 0 bridgehead atoms. The van der Waals surface area contributed by atoms with Gasteiger partial charge in [0.25, 0.3) is 0 Å². The lowest BCUT2D eigenvalue weighted by molar-refractivity contribution is -0.107. The molecule has 0 aliphatic carbocycles. The maximum Gasteiger partial charge on any atom is 0.124 e. The Labute approximate surface area is 59.9 Å². The zero-order valence-electron chi connectivity index (χ0n) is 5.87. The fourth-order valence-electron chi connectivity index (χ4n) is 0.823. The minimum absolute atomic E-state index is 0.472. The van der Waals surface area contributed by atoms with E-state index in [0.29, 0.717) is 6.42 Å². The van der Waals surface area contributed by atoms with Crippen molar-refractivity contribution in [1.29, 1.82) is 0 Å². The van der Waals surface area contributed by atoms with E-state index in [1.165, 1.54) is 0 Å². The zero-order valence-corrected chi connectivity index (χ0v) is 5.87. The SMILES string of the molecule is Cc1ncccc1CC=O. The van der Waals surface area contributed by atoms with Crippen LogP contribution < -0.4 is 0 Å². The van der Waals surface area contributed by atoms with E-state index < -0.39 is 0 Å². The Morgan fingerprint density at radius 2 is 2.50 bits per heavy atom. The smallest absolute Gasteiger partial charge is 0.124 e. The van der Waals surface area contributed by atoms with Crippen molar-refractivity contribution in [2.75, 3.05) is 0 Å². The Bertz CT molecular complexity index is 232. The van der Waals surface area contributed by atoms with E-state index in [-0.39, 0.29) is 0 Å². The lowest BCUT2D eigenvalue weighted by atomic mass is 10.1. The van der Waals surface area contributed by atoms with Gasteiger partial charge in [-0.05, 0) is 18.6 Å². The number of aryl methyl sites for hydroxylation is 1. The van der Waals surface area contributed by atoms with Crippen molar-refractivity contribution in [3.05, 3.63) is 29.6 Å². The summed E-state index contributed by atoms with van der Waals surface area (Å²) >= 11 is 0. The summed E-state index contributed by atoms with van der Waals surface area (Å²) in [5.74, 6) is 0. The van der Waals surface area contributed by atoms with Gasteiger partial charge in [-0.3, -0.25) is 4.98 Å². The standard InChI is InChI=1S/C8H9NO/c1-7-8(4-6-10)3-2-5-9-7/h2-3,5-6H,4H2,1H3. The van der Waals surface area contributed by atoms with E-state index >= 15 is 0 Å². The Morgan fingerprint density at radius 1 is 1.70 bits per heavy atom. The van der Waals surface area contributed by atoms with Crippen molar-refractivity contribution in [2.45, 2.75) is 13.3 Å². The van der Waals surface area contributed by atoms with Gasteiger partial charge in [-0.25, -0.2) is 0 Å². The van der Waals surface area contributed by atoms with Gasteiger partial charge in [0.2, 0.25) is 0 Å². The van der Waals surface area contributed by atoms with Gasteiger partial charge < -0.3 is 4.79 Å². The minimum atomic E-state index is 0.472. The van der Waals surface area contributed by atoms with E-state index in [2.05, 4.69) is 4.98 Å². The molecule has 0 N–H and O–H groups in total. The third-order valence-electron chi connectivity index (χ3n) is 1.42. The molecule has 0 aromatic carbocycles. The quantitative estimate of drug-likeness (QED) is 0.569. The van der Waals surface area contributed by atoms with Crippen LogP contribution in [0.4, 0.5) is 0 Å². The summed E-state index contributed by atoms with van der Waals surface area (Å²) in [5.41, 5.74) is 1.95. The Kier molecular flexibility index (Phi) is 2.15. The second kappa shape index (κ2) is 3.11. The summed E-state index contributed by atoms with van der Waals surface area (Å²) in [6.07, 6.45) is 3.09. The van der Waals surface area contributed by atoms with Crippen LogP contribution in [-0.4, -0.2) is 11.3 Å². The highest BCUT2D eigenvalue weighted by Crippen LogP contribution is 2.01. The summed E-state index contributed by atoms with van der Waals surface area (Å²) in [6.45, 7) is 1.90. The second-order valence-corrected chi connectivity index (χ2v) is 2.12. The van der Waals surface area contributed by atoms with E-state index in [0.717, 1.165) is 17.5 Å². The first-order valence-electron chi connectivity index (χ1n) is 3.18. The van der Waals surface area contributed by atoms with Crippen LogP contribution in [0, 0.1) is 6.92 Å². The van der Waals surface area contributed by atoms with Crippen LogP contribution in [0.3, 0.4) is 0 Å². The highest BCUT2D eigenvalue weighted by Gasteiger charge is 1.94. The number of carbonyl (C=O) groups is 1. The van der Waals surface area contributed by atoms with Crippen molar-refractivity contribution < 1.29 is 4.79 Å². The summed E-state index contributed by atoms with van der Waals surface area (Å²) in [4.78, 5) is 14.1. The first kappa shape index (κ1) is 6.93. The molecule has 1 rings (SSSR count). The van der Waals surface area contributed by atoms with Gasteiger partial charge in [-0.1, -0.05) is 6.07 Å². The van der Waals surface area contributed by atoms with Gasteiger partial charge >= 0.3 is 0 Å². The molecule has 0 amide bonds. The Balaban J connectivity index is 2.91. The summed E-state index contributed by atoms with van der Waals surface area (Å²) in [5, 5.41) is 0. The minimum Gasteiger partial charge on any atom is -0.303 e. The topological polar surface area (TPSA) is 30.0 Å². The van der Waals surface area contributed by atoms with Crippen LogP contribution >= 0.6 is 0 Å². The van der Waals surface area contributed by atoms with Crippen LogP contribution in [0.15, 0.2) is 18.3 Å². The molecule has 52 valence electrons. The molecule has 0 saturated heterocycles. The van der Waals surface area contributed by atoms with Crippen molar-refractivity contribution in [2.24, 2.45) is 0 Å². The van der Waals surface area contributed by atoms with E-state index in [1.807, 2.05) is 19.1 Å². The van der Waals surface area contributed by atoms with Crippen molar-refractivity contribution in [3.8, 4) is 0 Å². The zero-order chi connectivity index (χ0) is 7.40. The molecule has 1 aromatic heterocycles. The lowest BCUT2D eigenvalue weighted by Gasteiger charge is -1.96. The first-order valence-corrected chi connectivity index (χ1v) is 3.18. The molecule has 1 aromatic rings. The van der Waals surface area contributed by atoms with E-state index in [9.17, 15) is 4.79 Å². The van der Waals surface area contributed by atoms with Crippen LogP contribution in [0.25, 0.3) is 0 Å². The van der Waals surface area contributed by atoms with Gasteiger partial charge in [0, 0.05) is 18.3 Å². The normalized spacial score (nSPS) is 9.30. The molecular weight excluding hydrogens is 126 g/mol. The molecule has 0 unspecified atom stereocenters. The molecular formula is C8H9NO. The number of carbonyl (C=O) groups excluding carboxylic acids is 1. The fourth-order valence-corrected chi connectivity index (χ4v) is 0.823. The van der Waals surface area contributed by atoms with Gasteiger partial charge in [0.1, 0.15) is 6.29 Å². The number of hydrogen-bond donors (Lipinski definition) is 0. The second-order valence-electron chi connectivity index (χ2n) is 2.12. The Hall–Kier alpha value is -1.18. The van der Waals surface area contributed by atoms with Gasteiger partial charge in [0.15, 0.2) is 0 Å². The van der Waals surface area contributed by atoms with Crippen molar-refractivity contribution in [3.63, 3.8) is 0 Å². The number of hydrogen-bond acceptors (Lipinski definition) is 2. The predicted molar refractivity (Wildman–Crippen MR) is 38.7 cm³/mol. The molecule has 10 heavy (non-hydrogen) atoms. The van der Waals surface area contributed by atoms with Gasteiger partial charge in [-0.2, -0.15) is 0 Å². The van der Waals surface area contributed by atoms with Crippen LogP contribution in [0.2, 0.25) is 0 Å². The maximum absolute atomic E-state index is 10.1. The van der Waals surface area contributed by atoms with Gasteiger partial charge in [-0.15, -0.1) is 0 Å². The maximum atomic E-state index is 10.1. The molecule has 2 heteroatoms. The van der Waals surface area contributed by atoms with E-state index in [4.69, 9.17) is 0 Å². The summed E-state index contributed by atoms with van der Waals surface area (Å²) in [6, 6.07) is 3.75. The molecule has 0 aliphatic rings. The Morgan fingerprint density at radius 3 is 3.10 bits per heavy atom. The average molecular weight is 135 g/mol. The molecule has 0 atom stereocenters. The van der Waals surface area contributed by atoms with Crippen molar-refractivity contribution in [1.82, 2.24) is 4.98 Å². The van der Waals surface area contributed by atoms with Crippen LogP contribution in [0.1, 0.15) is 11.3 Å². The number of aromatic nitrogens is 1.